The Morgan fingerprint density at radius 3 is 2.75 bits per heavy atom. The maximum atomic E-state index is 11.6. The van der Waals surface area contributed by atoms with E-state index in [1.165, 1.54) is 0 Å². The average molecular weight is 217 g/mol. The molecule has 0 aromatic heterocycles. The van der Waals surface area contributed by atoms with E-state index in [-0.39, 0.29) is 12.2 Å². The lowest BCUT2D eigenvalue weighted by atomic mass is 10.2. The normalized spacial score (nSPS) is 19.1. The van der Waals surface area contributed by atoms with E-state index >= 15 is 0 Å². The number of hydrogen-bond acceptors (Lipinski definition) is 2. The molecular weight excluding hydrogens is 202 g/mol. The first-order valence-corrected chi connectivity index (χ1v) is 5.45. The van der Waals surface area contributed by atoms with Crippen LogP contribution in [-0.2, 0) is 4.74 Å². The molecule has 2 rings (SSSR count). The van der Waals surface area contributed by atoms with E-state index in [2.05, 4.69) is 11.4 Å². The van der Waals surface area contributed by atoms with Gasteiger partial charge in [-0.2, -0.15) is 0 Å². The Bertz CT molecular complexity index is 398. The first-order valence-electron chi connectivity index (χ1n) is 5.45. The molecule has 3 heteroatoms. The molecule has 1 aromatic carbocycles. The van der Waals surface area contributed by atoms with Crippen molar-refractivity contribution >= 4 is 11.8 Å². The summed E-state index contributed by atoms with van der Waals surface area (Å²) >= 11 is 0. The molecular formula is C13H15NO2. The molecule has 0 saturated carbocycles. The third-order valence-corrected chi connectivity index (χ3v) is 2.67. The summed E-state index contributed by atoms with van der Waals surface area (Å²) in [6.45, 7) is 1.99. The van der Waals surface area contributed by atoms with Crippen molar-refractivity contribution in [3.8, 4) is 0 Å². The van der Waals surface area contributed by atoms with E-state index in [0.29, 0.717) is 0 Å². The number of hydrogen-bond donors (Lipinski definition) is 1. The van der Waals surface area contributed by atoms with Crippen LogP contribution in [0.2, 0.25) is 0 Å². The summed E-state index contributed by atoms with van der Waals surface area (Å²) in [5.74, 6) is 0. The third kappa shape index (κ3) is 2.63. The number of ether oxygens (including phenoxy) is 1. The standard InChI is InChI=1S/C13H15NO2/c1-10-6-5-9-12(10)16-13(15)14-11-7-3-2-4-8-11/h2-4,6-8,12H,5,9H2,1H3,(H,14,15). The predicted octanol–water partition coefficient (Wildman–Crippen LogP) is 3.34. The van der Waals surface area contributed by atoms with Crippen LogP contribution in [0.25, 0.3) is 0 Å². The molecule has 0 heterocycles. The van der Waals surface area contributed by atoms with Crippen LogP contribution in [0.15, 0.2) is 42.0 Å². The summed E-state index contributed by atoms with van der Waals surface area (Å²) in [7, 11) is 0. The van der Waals surface area contributed by atoms with Gasteiger partial charge in [0.1, 0.15) is 6.10 Å². The van der Waals surface area contributed by atoms with Crippen LogP contribution in [-0.4, -0.2) is 12.2 Å². The molecule has 1 aliphatic carbocycles. The van der Waals surface area contributed by atoms with Crippen LogP contribution in [0.3, 0.4) is 0 Å². The number of nitrogens with one attached hydrogen (secondary N) is 1. The van der Waals surface area contributed by atoms with Gasteiger partial charge in [-0.15, -0.1) is 0 Å². The van der Waals surface area contributed by atoms with Crippen LogP contribution in [0.4, 0.5) is 10.5 Å². The Labute approximate surface area is 95.1 Å². The van der Waals surface area contributed by atoms with Gasteiger partial charge in [0, 0.05) is 5.69 Å². The molecule has 0 spiro atoms. The lowest BCUT2D eigenvalue weighted by Crippen LogP contribution is -2.21. The molecule has 1 N–H and O–H groups in total. The molecule has 0 saturated heterocycles. The van der Waals surface area contributed by atoms with E-state index in [4.69, 9.17) is 4.74 Å². The minimum Gasteiger partial charge on any atom is -0.441 e. The van der Waals surface area contributed by atoms with Crippen LogP contribution in [0.1, 0.15) is 19.8 Å². The Morgan fingerprint density at radius 1 is 1.38 bits per heavy atom. The highest BCUT2D eigenvalue weighted by Gasteiger charge is 2.19. The number of amides is 1. The number of carbonyl (C=O) groups excluding carboxylic acids is 1. The smallest absolute Gasteiger partial charge is 0.412 e. The zero-order valence-electron chi connectivity index (χ0n) is 9.27. The summed E-state index contributed by atoms with van der Waals surface area (Å²) in [5.41, 5.74) is 1.90. The van der Waals surface area contributed by atoms with Gasteiger partial charge in [0.05, 0.1) is 0 Å². The van der Waals surface area contributed by atoms with Crippen molar-refractivity contribution in [2.75, 3.05) is 5.32 Å². The van der Waals surface area contributed by atoms with E-state index in [1.807, 2.05) is 37.3 Å². The molecule has 16 heavy (non-hydrogen) atoms. The molecule has 0 aliphatic heterocycles. The second-order valence-corrected chi connectivity index (χ2v) is 3.91. The Morgan fingerprint density at radius 2 is 2.12 bits per heavy atom. The SMILES string of the molecule is CC1=CCCC1OC(=O)Nc1ccccc1. The second kappa shape index (κ2) is 4.84. The minimum atomic E-state index is -0.383. The molecule has 1 unspecified atom stereocenters. The van der Waals surface area contributed by atoms with Gasteiger partial charge in [-0.1, -0.05) is 24.3 Å². The van der Waals surface area contributed by atoms with Crippen LogP contribution >= 0.6 is 0 Å². The monoisotopic (exact) mass is 217 g/mol. The summed E-state index contributed by atoms with van der Waals surface area (Å²) in [6.07, 6.45) is 3.57. The largest absolute Gasteiger partial charge is 0.441 e. The van der Waals surface area contributed by atoms with E-state index < -0.39 is 0 Å². The van der Waals surface area contributed by atoms with Gasteiger partial charge in [-0.05, 0) is 37.5 Å². The highest BCUT2D eigenvalue weighted by molar-refractivity contribution is 5.84. The zero-order valence-corrected chi connectivity index (χ0v) is 9.27. The number of rotatable bonds is 2. The Kier molecular flexibility index (Phi) is 3.25. The summed E-state index contributed by atoms with van der Waals surface area (Å²) in [4.78, 5) is 11.6. The molecule has 1 aromatic rings. The molecule has 0 bridgehead atoms. The molecule has 84 valence electrons. The lowest BCUT2D eigenvalue weighted by Gasteiger charge is -2.14. The number of carbonyl (C=O) groups is 1. The third-order valence-electron chi connectivity index (χ3n) is 2.67. The molecule has 3 nitrogen and oxygen atoms in total. The van der Waals surface area contributed by atoms with Gasteiger partial charge in [0.2, 0.25) is 0 Å². The van der Waals surface area contributed by atoms with Gasteiger partial charge in [-0.25, -0.2) is 4.79 Å². The number of anilines is 1. The topological polar surface area (TPSA) is 38.3 Å². The fraction of sp³-hybridized carbons (Fsp3) is 0.308. The van der Waals surface area contributed by atoms with Crippen LogP contribution in [0, 0.1) is 0 Å². The van der Waals surface area contributed by atoms with Crippen LogP contribution < -0.4 is 5.32 Å². The van der Waals surface area contributed by atoms with Gasteiger partial charge in [0.25, 0.3) is 0 Å². The minimum absolute atomic E-state index is 0.0521. The van der Waals surface area contributed by atoms with Crippen molar-refractivity contribution in [1.29, 1.82) is 0 Å². The second-order valence-electron chi connectivity index (χ2n) is 3.91. The van der Waals surface area contributed by atoms with Crippen molar-refractivity contribution in [3.63, 3.8) is 0 Å². The van der Waals surface area contributed by atoms with Gasteiger partial charge in [-0.3, -0.25) is 5.32 Å². The molecule has 1 atom stereocenters. The van der Waals surface area contributed by atoms with E-state index in [9.17, 15) is 4.79 Å². The average Bonchev–Trinajstić information content (AvgIpc) is 2.66. The number of allylic oxidation sites excluding steroid dienone is 1. The first-order chi connectivity index (χ1) is 7.75. The summed E-state index contributed by atoms with van der Waals surface area (Å²) in [5, 5.41) is 2.70. The molecule has 0 radical (unpaired) electrons. The van der Waals surface area contributed by atoms with E-state index in [1.54, 1.807) is 0 Å². The van der Waals surface area contributed by atoms with Gasteiger partial charge in [0.15, 0.2) is 0 Å². The van der Waals surface area contributed by atoms with Gasteiger partial charge >= 0.3 is 6.09 Å². The number of benzene rings is 1. The maximum absolute atomic E-state index is 11.6. The van der Waals surface area contributed by atoms with Crippen molar-refractivity contribution < 1.29 is 9.53 Å². The van der Waals surface area contributed by atoms with Crippen molar-refractivity contribution in [1.82, 2.24) is 0 Å². The fourth-order valence-electron chi connectivity index (χ4n) is 1.77. The first kappa shape index (κ1) is 10.7. The van der Waals surface area contributed by atoms with Crippen LogP contribution in [0.5, 0.6) is 0 Å². The maximum Gasteiger partial charge on any atom is 0.412 e. The highest BCUT2D eigenvalue weighted by Crippen LogP contribution is 2.21. The van der Waals surface area contributed by atoms with Crippen molar-refractivity contribution in [2.24, 2.45) is 0 Å². The van der Waals surface area contributed by atoms with Crippen molar-refractivity contribution in [2.45, 2.75) is 25.9 Å². The highest BCUT2D eigenvalue weighted by atomic mass is 16.6. The predicted molar refractivity (Wildman–Crippen MR) is 63.3 cm³/mol. The number of para-hydroxylation sites is 1. The lowest BCUT2D eigenvalue weighted by molar-refractivity contribution is 0.129. The molecule has 1 aliphatic rings. The van der Waals surface area contributed by atoms with E-state index in [0.717, 1.165) is 24.1 Å². The fourth-order valence-corrected chi connectivity index (χ4v) is 1.77. The molecule has 1 amide bonds. The van der Waals surface area contributed by atoms with Gasteiger partial charge < -0.3 is 4.74 Å². The summed E-state index contributed by atoms with van der Waals surface area (Å²) < 4.78 is 5.31. The quantitative estimate of drug-likeness (QED) is 0.771. The Balaban J connectivity index is 1.88. The van der Waals surface area contributed by atoms with Crippen molar-refractivity contribution in [3.05, 3.63) is 42.0 Å². The Hall–Kier alpha value is -1.77. The summed E-state index contributed by atoms with van der Waals surface area (Å²) in [6, 6.07) is 9.31. The molecule has 0 fully saturated rings. The zero-order chi connectivity index (χ0) is 11.4.